The number of pyridine rings is 2. The lowest BCUT2D eigenvalue weighted by molar-refractivity contribution is 0.424. The Bertz CT molecular complexity index is 531. The molecule has 2 rings (SSSR count). The van der Waals surface area contributed by atoms with Crippen molar-refractivity contribution in [2.24, 2.45) is 0 Å². The van der Waals surface area contributed by atoms with Crippen molar-refractivity contribution in [1.82, 2.24) is 9.97 Å². The van der Waals surface area contributed by atoms with Crippen LogP contribution in [0.3, 0.4) is 0 Å². The molecule has 0 aliphatic rings. The van der Waals surface area contributed by atoms with Crippen molar-refractivity contribution >= 4 is 12.7 Å². The van der Waals surface area contributed by atoms with Crippen LogP contribution in [0.1, 0.15) is 0 Å². The maximum absolute atomic E-state index is 12.9. The first-order valence-electron chi connectivity index (χ1n) is 4.72. The van der Waals surface area contributed by atoms with Gasteiger partial charge in [0.2, 0.25) is 11.9 Å². The summed E-state index contributed by atoms with van der Waals surface area (Å²) < 4.78 is 25.9. The van der Waals surface area contributed by atoms with Gasteiger partial charge in [-0.25, -0.2) is 0 Å². The van der Waals surface area contributed by atoms with Gasteiger partial charge in [0, 0.05) is 23.9 Å². The van der Waals surface area contributed by atoms with Crippen LogP contribution >= 0.6 is 0 Å². The number of rotatable bonds is 2. The number of hydrogen-bond acceptors (Lipinski definition) is 4. The van der Waals surface area contributed by atoms with E-state index in [0.717, 1.165) is 12.1 Å². The Morgan fingerprint density at radius 3 is 2.35 bits per heavy atom. The van der Waals surface area contributed by atoms with E-state index in [-0.39, 0.29) is 16.7 Å². The van der Waals surface area contributed by atoms with Crippen LogP contribution in [0.2, 0.25) is 0 Å². The van der Waals surface area contributed by atoms with Gasteiger partial charge in [0.05, 0.1) is 5.59 Å². The van der Waals surface area contributed by atoms with Crippen LogP contribution in [-0.2, 0) is 0 Å². The predicted octanol–water partition coefficient (Wildman–Crippen LogP) is 0.102. The fourth-order valence-electron chi connectivity index (χ4n) is 1.49. The molecule has 2 aromatic heterocycles. The summed E-state index contributed by atoms with van der Waals surface area (Å²) >= 11 is 0. The monoisotopic (exact) mass is 236 g/mol. The number of halogens is 2. The van der Waals surface area contributed by atoms with Crippen molar-refractivity contribution < 1.29 is 18.8 Å². The van der Waals surface area contributed by atoms with Crippen LogP contribution in [0.4, 0.5) is 8.78 Å². The van der Waals surface area contributed by atoms with E-state index < -0.39 is 19.0 Å². The Labute approximate surface area is 95.7 Å². The smallest absolute Gasteiger partial charge is 0.422 e. The van der Waals surface area contributed by atoms with Gasteiger partial charge in [-0.2, -0.15) is 13.8 Å². The van der Waals surface area contributed by atoms with E-state index in [2.05, 4.69) is 9.97 Å². The molecule has 7 heteroatoms. The fourth-order valence-corrected chi connectivity index (χ4v) is 1.49. The quantitative estimate of drug-likeness (QED) is 0.573. The second kappa shape index (κ2) is 4.56. The van der Waals surface area contributed by atoms with Crippen LogP contribution in [0.25, 0.3) is 11.1 Å². The molecule has 0 aromatic carbocycles. The lowest BCUT2D eigenvalue weighted by Crippen LogP contribution is -2.34. The average Bonchev–Trinajstić information content (AvgIpc) is 2.27. The Hall–Kier alpha value is -1.86. The molecule has 0 radical (unpaired) electrons. The van der Waals surface area contributed by atoms with Crippen LogP contribution < -0.4 is 5.59 Å². The molecule has 0 spiro atoms. The first-order valence-corrected chi connectivity index (χ1v) is 4.72. The normalized spacial score (nSPS) is 10.4. The number of hydrogen-bond donors (Lipinski definition) is 2. The average molecular weight is 236 g/mol. The maximum atomic E-state index is 12.9. The summed E-state index contributed by atoms with van der Waals surface area (Å²) in [7, 11) is -1.81. The molecule has 0 bridgehead atoms. The first kappa shape index (κ1) is 11.6. The largest absolute Gasteiger partial charge is 0.508 e. The van der Waals surface area contributed by atoms with E-state index >= 15 is 0 Å². The van der Waals surface area contributed by atoms with Crippen LogP contribution in [0.15, 0.2) is 30.5 Å². The number of aromatic nitrogens is 2. The van der Waals surface area contributed by atoms with Gasteiger partial charge in [-0.1, -0.05) is 6.07 Å². The highest BCUT2D eigenvalue weighted by molar-refractivity contribution is 6.59. The molecule has 2 aromatic rings. The molecule has 0 amide bonds. The van der Waals surface area contributed by atoms with E-state index in [4.69, 9.17) is 10.0 Å². The first-order chi connectivity index (χ1) is 8.08. The topological polar surface area (TPSA) is 66.2 Å². The molecule has 0 fully saturated rings. The van der Waals surface area contributed by atoms with Crippen molar-refractivity contribution in [3.8, 4) is 11.1 Å². The summed E-state index contributed by atoms with van der Waals surface area (Å²) in [5.74, 6) is -1.97. The molecule has 0 aliphatic heterocycles. The van der Waals surface area contributed by atoms with Crippen molar-refractivity contribution in [2.45, 2.75) is 0 Å². The molecule has 0 saturated heterocycles. The highest BCUT2D eigenvalue weighted by Crippen LogP contribution is 2.17. The van der Waals surface area contributed by atoms with Crippen LogP contribution in [0.5, 0.6) is 0 Å². The predicted molar refractivity (Wildman–Crippen MR) is 57.2 cm³/mol. The van der Waals surface area contributed by atoms with Crippen molar-refractivity contribution in [3.05, 3.63) is 42.4 Å². The Balaban J connectivity index is 2.60. The molecule has 4 nitrogen and oxygen atoms in total. The van der Waals surface area contributed by atoms with E-state index in [1.165, 1.54) is 18.3 Å². The standard InChI is InChI=1S/C10H7BF2N2O2/c12-8-4-6(5-9(13)15-8)7-2-1-3-14-10(7)11(16)17/h1-5,16-17H. The highest BCUT2D eigenvalue weighted by atomic mass is 19.1. The van der Waals surface area contributed by atoms with E-state index in [9.17, 15) is 8.78 Å². The minimum absolute atomic E-state index is 0.0718. The third kappa shape index (κ3) is 2.46. The molecule has 2 N–H and O–H groups in total. The molecule has 2 heterocycles. The van der Waals surface area contributed by atoms with Gasteiger partial charge >= 0.3 is 7.12 Å². The minimum Gasteiger partial charge on any atom is -0.422 e. The molecule has 0 aliphatic carbocycles. The Morgan fingerprint density at radius 1 is 1.12 bits per heavy atom. The van der Waals surface area contributed by atoms with Crippen LogP contribution in [-0.4, -0.2) is 27.1 Å². The van der Waals surface area contributed by atoms with Crippen molar-refractivity contribution in [2.75, 3.05) is 0 Å². The third-order valence-corrected chi connectivity index (χ3v) is 2.16. The zero-order valence-corrected chi connectivity index (χ0v) is 8.51. The minimum atomic E-state index is -1.81. The number of nitrogens with zero attached hydrogens (tertiary/aromatic N) is 2. The van der Waals surface area contributed by atoms with Gasteiger partial charge in [0.1, 0.15) is 0 Å². The summed E-state index contributed by atoms with van der Waals surface area (Å²) in [4.78, 5) is 6.70. The summed E-state index contributed by atoms with van der Waals surface area (Å²) in [5, 5.41) is 18.2. The summed E-state index contributed by atoms with van der Waals surface area (Å²) in [5.41, 5.74) is 0.311. The molecule has 0 saturated carbocycles. The van der Waals surface area contributed by atoms with Gasteiger partial charge in [-0.05, 0) is 11.6 Å². The lowest BCUT2D eigenvalue weighted by atomic mass is 9.80. The Kier molecular flexibility index (Phi) is 3.12. The van der Waals surface area contributed by atoms with Gasteiger partial charge in [-0.3, -0.25) is 4.98 Å². The van der Waals surface area contributed by atoms with Gasteiger partial charge in [-0.15, -0.1) is 0 Å². The van der Waals surface area contributed by atoms with E-state index in [1.54, 1.807) is 0 Å². The zero-order chi connectivity index (χ0) is 12.4. The SMILES string of the molecule is OB(O)c1ncccc1-c1cc(F)nc(F)c1. The maximum Gasteiger partial charge on any atom is 0.508 e. The van der Waals surface area contributed by atoms with Gasteiger partial charge in [0.15, 0.2) is 0 Å². The molecule has 17 heavy (non-hydrogen) atoms. The lowest BCUT2D eigenvalue weighted by Gasteiger charge is -2.07. The van der Waals surface area contributed by atoms with E-state index in [1.807, 2.05) is 0 Å². The summed E-state index contributed by atoms with van der Waals surface area (Å²) in [6.07, 6.45) is 1.35. The zero-order valence-electron chi connectivity index (χ0n) is 8.51. The van der Waals surface area contributed by atoms with Crippen molar-refractivity contribution in [1.29, 1.82) is 0 Å². The molecular weight excluding hydrogens is 229 g/mol. The summed E-state index contributed by atoms with van der Waals surface area (Å²) in [6.45, 7) is 0. The molecular formula is C10H7BF2N2O2. The van der Waals surface area contributed by atoms with Gasteiger partial charge < -0.3 is 10.0 Å². The van der Waals surface area contributed by atoms with Gasteiger partial charge in [0.25, 0.3) is 0 Å². The molecule has 0 unspecified atom stereocenters. The third-order valence-electron chi connectivity index (χ3n) is 2.16. The second-order valence-corrected chi connectivity index (χ2v) is 3.31. The highest BCUT2D eigenvalue weighted by Gasteiger charge is 2.19. The molecule has 86 valence electrons. The summed E-state index contributed by atoms with van der Waals surface area (Å²) in [6, 6.07) is 4.99. The van der Waals surface area contributed by atoms with Crippen LogP contribution in [0, 0.1) is 11.9 Å². The second-order valence-electron chi connectivity index (χ2n) is 3.31. The fraction of sp³-hybridized carbons (Fsp3) is 0. The molecule has 0 atom stereocenters. The van der Waals surface area contributed by atoms with Crippen molar-refractivity contribution in [3.63, 3.8) is 0 Å². The van der Waals surface area contributed by atoms with E-state index in [0.29, 0.717) is 0 Å². The Morgan fingerprint density at radius 2 is 1.76 bits per heavy atom.